The van der Waals surface area contributed by atoms with Crippen molar-refractivity contribution in [1.82, 2.24) is 4.98 Å². The van der Waals surface area contributed by atoms with Crippen molar-refractivity contribution in [3.8, 4) is 0 Å². The second kappa shape index (κ2) is 7.46. The van der Waals surface area contributed by atoms with Gasteiger partial charge in [0.25, 0.3) is 0 Å². The first-order valence-electron chi connectivity index (χ1n) is 6.70. The summed E-state index contributed by atoms with van der Waals surface area (Å²) in [4.78, 5) is 4.37. The number of hydrogen-bond acceptors (Lipinski definition) is 3. The maximum absolute atomic E-state index is 8.72. The normalized spacial score (nSPS) is 10.8. The average molecular weight is 323 g/mol. The number of halogens is 1. The molecule has 1 heterocycles. The summed E-state index contributed by atoms with van der Waals surface area (Å²) in [7, 11) is 0. The highest BCUT2D eigenvalue weighted by molar-refractivity contribution is 9.10. The summed E-state index contributed by atoms with van der Waals surface area (Å²) in [6.45, 7) is 1.26. The van der Waals surface area contributed by atoms with Crippen molar-refractivity contribution in [2.45, 2.75) is 25.7 Å². The highest BCUT2D eigenvalue weighted by Crippen LogP contribution is 2.24. The number of hydrogen-bond donors (Lipinski definition) is 2. The molecule has 2 aromatic rings. The Labute approximate surface area is 122 Å². The summed E-state index contributed by atoms with van der Waals surface area (Å²) < 4.78 is 1.05. The summed E-state index contributed by atoms with van der Waals surface area (Å²) >= 11 is 3.46. The van der Waals surface area contributed by atoms with Crippen LogP contribution in [0.1, 0.15) is 25.7 Å². The van der Waals surface area contributed by atoms with Gasteiger partial charge >= 0.3 is 0 Å². The van der Waals surface area contributed by atoms with Gasteiger partial charge in [-0.25, -0.2) is 0 Å². The van der Waals surface area contributed by atoms with Gasteiger partial charge in [-0.3, -0.25) is 4.98 Å². The van der Waals surface area contributed by atoms with Gasteiger partial charge in [-0.2, -0.15) is 0 Å². The van der Waals surface area contributed by atoms with Gasteiger partial charge < -0.3 is 10.4 Å². The van der Waals surface area contributed by atoms with E-state index in [0.717, 1.165) is 53.3 Å². The summed E-state index contributed by atoms with van der Waals surface area (Å²) in [5, 5.41) is 13.3. The lowest BCUT2D eigenvalue weighted by atomic mass is 10.1. The molecular weight excluding hydrogens is 304 g/mol. The molecule has 0 aliphatic carbocycles. The second-order valence-corrected chi connectivity index (χ2v) is 5.50. The van der Waals surface area contributed by atoms with Gasteiger partial charge in [0, 0.05) is 34.9 Å². The molecule has 1 aromatic carbocycles. The third-order valence-corrected chi connectivity index (χ3v) is 3.60. The molecule has 0 amide bonds. The highest BCUT2D eigenvalue weighted by Gasteiger charge is 2.01. The molecule has 0 atom stereocenters. The molecular formula is C15H19BrN2O. The molecule has 0 unspecified atom stereocenters. The number of rotatable bonds is 7. The topological polar surface area (TPSA) is 45.1 Å². The minimum absolute atomic E-state index is 0.303. The molecule has 102 valence electrons. The van der Waals surface area contributed by atoms with Crippen molar-refractivity contribution in [2.24, 2.45) is 0 Å². The quantitative estimate of drug-likeness (QED) is 0.758. The number of aliphatic hydroxyl groups excluding tert-OH is 1. The van der Waals surface area contributed by atoms with Crippen LogP contribution >= 0.6 is 15.9 Å². The molecule has 0 spiro atoms. The maximum atomic E-state index is 8.72. The molecule has 0 fully saturated rings. The smallest absolute Gasteiger partial charge is 0.0733 e. The number of aliphatic hydroxyl groups is 1. The number of aromatic nitrogens is 1. The van der Waals surface area contributed by atoms with Gasteiger partial charge in [-0.05, 0) is 37.1 Å². The SMILES string of the molecule is OCCCCCCNc1ccnc2cc(Br)ccc12. The molecule has 3 nitrogen and oxygen atoms in total. The van der Waals surface area contributed by atoms with Gasteiger partial charge in [-0.1, -0.05) is 28.8 Å². The van der Waals surface area contributed by atoms with Crippen LogP contribution in [0.5, 0.6) is 0 Å². The van der Waals surface area contributed by atoms with Crippen LogP contribution in [0.15, 0.2) is 34.9 Å². The first-order valence-corrected chi connectivity index (χ1v) is 7.49. The predicted molar refractivity (Wildman–Crippen MR) is 83.5 cm³/mol. The second-order valence-electron chi connectivity index (χ2n) is 4.58. The van der Waals surface area contributed by atoms with Crippen molar-refractivity contribution in [3.63, 3.8) is 0 Å². The van der Waals surface area contributed by atoms with E-state index in [1.54, 1.807) is 0 Å². The van der Waals surface area contributed by atoms with Crippen LogP contribution in [0, 0.1) is 0 Å². The number of benzene rings is 1. The van der Waals surface area contributed by atoms with E-state index in [1.807, 2.05) is 24.4 Å². The summed E-state index contributed by atoms with van der Waals surface area (Å²) in [5.41, 5.74) is 2.14. The first-order chi connectivity index (χ1) is 9.31. The van der Waals surface area contributed by atoms with E-state index in [0.29, 0.717) is 6.61 Å². The van der Waals surface area contributed by atoms with Gasteiger partial charge in [0.15, 0.2) is 0 Å². The largest absolute Gasteiger partial charge is 0.396 e. The lowest BCUT2D eigenvalue weighted by molar-refractivity contribution is 0.283. The van der Waals surface area contributed by atoms with Gasteiger partial charge in [0.05, 0.1) is 5.52 Å². The summed E-state index contributed by atoms with van der Waals surface area (Å²) in [6.07, 6.45) is 6.12. The minimum atomic E-state index is 0.303. The fraction of sp³-hybridized carbons (Fsp3) is 0.400. The zero-order valence-electron chi connectivity index (χ0n) is 10.9. The van der Waals surface area contributed by atoms with Crippen molar-refractivity contribution in [2.75, 3.05) is 18.5 Å². The third kappa shape index (κ3) is 4.18. The fourth-order valence-corrected chi connectivity index (χ4v) is 2.44. The number of nitrogens with one attached hydrogen (secondary N) is 1. The van der Waals surface area contributed by atoms with E-state index < -0.39 is 0 Å². The van der Waals surface area contributed by atoms with Crippen LogP contribution in [0.3, 0.4) is 0 Å². The van der Waals surface area contributed by atoms with Gasteiger partial charge in [0.2, 0.25) is 0 Å². The lowest BCUT2D eigenvalue weighted by Gasteiger charge is -2.09. The Kier molecular flexibility index (Phi) is 5.61. The Morgan fingerprint density at radius 1 is 1.11 bits per heavy atom. The van der Waals surface area contributed by atoms with E-state index in [1.165, 1.54) is 0 Å². The van der Waals surface area contributed by atoms with Crippen molar-refractivity contribution < 1.29 is 5.11 Å². The van der Waals surface area contributed by atoms with Crippen LogP contribution in [-0.2, 0) is 0 Å². The van der Waals surface area contributed by atoms with E-state index in [4.69, 9.17) is 5.11 Å². The van der Waals surface area contributed by atoms with Crippen LogP contribution in [0.2, 0.25) is 0 Å². The fourth-order valence-electron chi connectivity index (χ4n) is 2.09. The number of anilines is 1. The third-order valence-electron chi connectivity index (χ3n) is 3.11. The van der Waals surface area contributed by atoms with E-state index in [-0.39, 0.29) is 0 Å². The number of fused-ring (bicyclic) bond motifs is 1. The molecule has 0 saturated carbocycles. The molecule has 2 N–H and O–H groups in total. The van der Waals surface area contributed by atoms with E-state index in [2.05, 4.69) is 32.3 Å². The summed E-state index contributed by atoms with van der Waals surface area (Å²) in [5.74, 6) is 0. The molecule has 0 radical (unpaired) electrons. The van der Waals surface area contributed by atoms with Gasteiger partial charge in [0.1, 0.15) is 0 Å². The molecule has 2 rings (SSSR count). The average Bonchev–Trinajstić information content (AvgIpc) is 2.42. The van der Waals surface area contributed by atoms with Crippen LogP contribution in [0.4, 0.5) is 5.69 Å². The monoisotopic (exact) mass is 322 g/mol. The Morgan fingerprint density at radius 3 is 2.79 bits per heavy atom. The van der Waals surface area contributed by atoms with E-state index in [9.17, 15) is 0 Å². The van der Waals surface area contributed by atoms with Crippen LogP contribution in [-0.4, -0.2) is 23.2 Å². The van der Waals surface area contributed by atoms with Crippen LogP contribution < -0.4 is 5.32 Å². The Balaban J connectivity index is 1.93. The number of unbranched alkanes of at least 4 members (excludes halogenated alkanes) is 3. The Hall–Kier alpha value is -1.13. The Bertz CT molecular complexity index is 531. The van der Waals surface area contributed by atoms with Crippen molar-refractivity contribution in [1.29, 1.82) is 0 Å². The zero-order chi connectivity index (χ0) is 13.5. The van der Waals surface area contributed by atoms with E-state index >= 15 is 0 Å². The molecule has 19 heavy (non-hydrogen) atoms. The zero-order valence-corrected chi connectivity index (χ0v) is 12.5. The van der Waals surface area contributed by atoms with Crippen molar-refractivity contribution in [3.05, 3.63) is 34.9 Å². The highest BCUT2D eigenvalue weighted by atomic mass is 79.9. The molecule has 4 heteroatoms. The van der Waals surface area contributed by atoms with Crippen molar-refractivity contribution >= 4 is 32.5 Å². The lowest BCUT2D eigenvalue weighted by Crippen LogP contribution is -2.02. The molecule has 0 aliphatic heterocycles. The van der Waals surface area contributed by atoms with Crippen LogP contribution in [0.25, 0.3) is 10.9 Å². The minimum Gasteiger partial charge on any atom is -0.396 e. The molecule has 0 saturated heterocycles. The molecule has 0 aliphatic rings. The standard InChI is InChI=1S/C15H19BrN2O/c16-12-5-6-13-14(7-9-18-15(13)11-12)17-8-3-1-2-4-10-19/h5-7,9,11,19H,1-4,8,10H2,(H,17,18). The number of nitrogens with zero attached hydrogens (tertiary/aromatic N) is 1. The first kappa shape index (κ1) is 14.3. The number of pyridine rings is 1. The predicted octanol–water partition coefficient (Wildman–Crippen LogP) is 3.96. The maximum Gasteiger partial charge on any atom is 0.0733 e. The Morgan fingerprint density at radius 2 is 1.95 bits per heavy atom. The van der Waals surface area contributed by atoms with Gasteiger partial charge in [-0.15, -0.1) is 0 Å². The summed E-state index contributed by atoms with van der Waals surface area (Å²) in [6, 6.07) is 8.17. The molecule has 1 aromatic heterocycles. The molecule has 0 bridgehead atoms.